The second-order valence-corrected chi connectivity index (χ2v) is 9.94. The highest BCUT2D eigenvalue weighted by Crippen LogP contribution is 2.43. The molecule has 33 heavy (non-hydrogen) atoms. The first-order chi connectivity index (χ1) is 15.7. The summed E-state index contributed by atoms with van der Waals surface area (Å²) in [5, 5.41) is 12.1. The normalized spacial score (nSPS) is 17.7. The molecule has 0 aromatic heterocycles. The van der Waals surface area contributed by atoms with Gasteiger partial charge in [-0.25, -0.2) is 0 Å². The second-order valence-electron chi connectivity index (χ2n) is 9.94. The molecule has 1 aliphatic rings. The number of amides is 1. The van der Waals surface area contributed by atoms with Gasteiger partial charge in [-0.1, -0.05) is 38.1 Å². The number of aliphatic carboxylic acids is 1. The molecule has 2 atom stereocenters. The van der Waals surface area contributed by atoms with Crippen molar-refractivity contribution in [1.82, 2.24) is 5.32 Å². The lowest BCUT2D eigenvalue weighted by Gasteiger charge is -2.38. The summed E-state index contributed by atoms with van der Waals surface area (Å²) in [5.74, 6) is 0.427. The minimum absolute atomic E-state index is 0.126. The molecule has 6 nitrogen and oxygen atoms in total. The predicted octanol–water partition coefficient (Wildman–Crippen LogP) is 4.38. The average Bonchev–Trinajstić information content (AvgIpc) is 2.80. The van der Waals surface area contributed by atoms with Crippen LogP contribution in [0.4, 0.5) is 0 Å². The van der Waals surface area contributed by atoms with Gasteiger partial charge < -0.3 is 20.9 Å². The first-order valence-electron chi connectivity index (χ1n) is 11.7. The van der Waals surface area contributed by atoms with Crippen LogP contribution in [-0.4, -0.2) is 36.7 Å². The molecule has 0 radical (unpaired) electrons. The third-order valence-corrected chi connectivity index (χ3v) is 6.97. The number of nitrogens with one attached hydrogen (secondary N) is 1. The number of ether oxygens (including phenoxy) is 1. The van der Waals surface area contributed by atoms with Crippen LogP contribution in [0, 0.1) is 11.3 Å². The van der Waals surface area contributed by atoms with Crippen LogP contribution in [0.15, 0.2) is 48.5 Å². The number of carboxylic acids is 1. The number of nitrogens with two attached hydrogens (primary N) is 1. The van der Waals surface area contributed by atoms with Gasteiger partial charge in [-0.2, -0.15) is 0 Å². The average molecular weight is 453 g/mol. The van der Waals surface area contributed by atoms with E-state index in [0.29, 0.717) is 23.4 Å². The largest absolute Gasteiger partial charge is 0.497 e. The molecule has 0 aliphatic heterocycles. The lowest BCUT2D eigenvalue weighted by Crippen LogP contribution is -2.34. The molecule has 0 bridgehead atoms. The zero-order chi connectivity index (χ0) is 24.0. The molecular formula is C27H36N2O4. The SMILES string of the molecule is COc1ccc([C@H](CNC(=O)c2ccc(C[C@H](N)C(=O)O)cc2)C2CCC(C)(C)CC2)cc1. The highest BCUT2D eigenvalue weighted by atomic mass is 16.5. The maximum Gasteiger partial charge on any atom is 0.320 e. The topological polar surface area (TPSA) is 102 Å². The number of carbonyl (C=O) groups is 2. The third kappa shape index (κ3) is 6.81. The molecule has 0 unspecified atom stereocenters. The van der Waals surface area contributed by atoms with Crippen molar-refractivity contribution >= 4 is 11.9 Å². The summed E-state index contributed by atoms with van der Waals surface area (Å²) in [6, 6.07) is 14.2. The first-order valence-corrected chi connectivity index (χ1v) is 11.7. The molecule has 3 rings (SSSR count). The first kappa shape index (κ1) is 24.8. The van der Waals surface area contributed by atoms with E-state index in [4.69, 9.17) is 15.6 Å². The number of hydrogen-bond donors (Lipinski definition) is 3. The van der Waals surface area contributed by atoms with E-state index in [-0.39, 0.29) is 18.2 Å². The van der Waals surface area contributed by atoms with Crippen LogP contribution in [-0.2, 0) is 11.2 Å². The maximum atomic E-state index is 12.9. The van der Waals surface area contributed by atoms with Crippen molar-refractivity contribution in [3.63, 3.8) is 0 Å². The van der Waals surface area contributed by atoms with E-state index < -0.39 is 12.0 Å². The minimum Gasteiger partial charge on any atom is -0.497 e. The Bertz CT molecular complexity index is 928. The molecule has 0 heterocycles. The molecule has 2 aromatic carbocycles. The fourth-order valence-corrected chi connectivity index (χ4v) is 4.67. The molecule has 6 heteroatoms. The van der Waals surface area contributed by atoms with Crippen LogP contribution >= 0.6 is 0 Å². The number of carboxylic acid groups (broad SMARTS) is 1. The predicted molar refractivity (Wildman–Crippen MR) is 130 cm³/mol. The van der Waals surface area contributed by atoms with E-state index in [9.17, 15) is 9.59 Å². The van der Waals surface area contributed by atoms with Crippen LogP contribution in [0.1, 0.15) is 66.9 Å². The molecule has 2 aromatic rings. The highest BCUT2D eigenvalue weighted by molar-refractivity contribution is 5.94. The molecule has 0 spiro atoms. The van der Waals surface area contributed by atoms with Crippen molar-refractivity contribution in [1.29, 1.82) is 0 Å². The Morgan fingerprint density at radius 1 is 1.09 bits per heavy atom. The van der Waals surface area contributed by atoms with Crippen molar-refractivity contribution in [3.05, 3.63) is 65.2 Å². The van der Waals surface area contributed by atoms with E-state index >= 15 is 0 Å². The van der Waals surface area contributed by atoms with Crippen molar-refractivity contribution in [2.45, 2.75) is 57.9 Å². The molecule has 1 amide bonds. The summed E-state index contributed by atoms with van der Waals surface area (Å²) in [4.78, 5) is 23.8. The van der Waals surface area contributed by atoms with Gasteiger partial charge in [0.05, 0.1) is 7.11 Å². The van der Waals surface area contributed by atoms with Crippen molar-refractivity contribution in [2.24, 2.45) is 17.1 Å². The van der Waals surface area contributed by atoms with E-state index in [1.807, 2.05) is 12.1 Å². The Labute approximate surface area is 196 Å². The zero-order valence-electron chi connectivity index (χ0n) is 19.8. The van der Waals surface area contributed by atoms with Gasteiger partial charge in [-0.15, -0.1) is 0 Å². The van der Waals surface area contributed by atoms with Crippen LogP contribution in [0.2, 0.25) is 0 Å². The van der Waals surface area contributed by atoms with E-state index in [1.165, 1.54) is 18.4 Å². The van der Waals surface area contributed by atoms with Crippen LogP contribution in [0.5, 0.6) is 5.75 Å². The second kappa shape index (κ2) is 10.8. The molecule has 1 fully saturated rings. The molecular weight excluding hydrogens is 416 g/mol. The summed E-state index contributed by atoms with van der Waals surface area (Å²) < 4.78 is 5.31. The fourth-order valence-electron chi connectivity index (χ4n) is 4.67. The number of rotatable bonds is 9. The molecule has 1 aliphatic carbocycles. The van der Waals surface area contributed by atoms with E-state index in [0.717, 1.165) is 24.2 Å². The molecule has 178 valence electrons. The highest BCUT2D eigenvalue weighted by Gasteiger charge is 2.32. The van der Waals surface area contributed by atoms with Gasteiger partial charge in [-0.3, -0.25) is 9.59 Å². The summed E-state index contributed by atoms with van der Waals surface area (Å²) in [7, 11) is 1.66. The standard InChI is InChI=1S/C27H36N2O4/c1-27(2)14-12-20(13-15-27)23(19-8-10-22(33-3)11-9-19)17-29-25(30)21-6-4-18(5-7-21)16-24(28)26(31)32/h4-11,20,23-24H,12-17,28H2,1-3H3,(H,29,30)(H,31,32)/t23-,24-/m0/s1. The fraction of sp³-hybridized carbons (Fsp3) is 0.481. The smallest absolute Gasteiger partial charge is 0.320 e. The Hall–Kier alpha value is -2.86. The quantitative estimate of drug-likeness (QED) is 0.524. The van der Waals surface area contributed by atoms with Gasteiger partial charge >= 0.3 is 5.97 Å². The molecule has 4 N–H and O–H groups in total. The summed E-state index contributed by atoms with van der Waals surface area (Å²) >= 11 is 0. The monoisotopic (exact) mass is 452 g/mol. The minimum atomic E-state index is -1.03. The number of methoxy groups -OCH3 is 1. The summed E-state index contributed by atoms with van der Waals surface area (Å²) in [6.45, 7) is 5.24. The Morgan fingerprint density at radius 3 is 2.24 bits per heavy atom. The molecule has 0 saturated heterocycles. The van der Waals surface area contributed by atoms with Crippen molar-refractivity contribution in [3.8, 4) is 5.75 Å². The Kier molecular flexibility index (Phi) is 8.14. The van der Waals surface area contributed by atoms with Gasteiger partial charge in [0.2, 0.25) is 0 Å². The van der Waals surface area contributed by atoms with E-state index in [1.54, 1.807) is 31.4 Å². The van der Waals surface area contributed by atoms with Gasteiger partial charge in [-0.05, 0) is 78.8 Å². The third-order valence-electron chi connectivity index (χ3n) is 6.97. The lowest BCUT2D eigenvalue weighted by molar-refractivity contribution is -0.138. The van der Waals surface area contributed by atoms with Gasteiger partial charge in [0.1, 0.15) is 11.8 Å². The van der Waals surface area contributed by atoms with Crippen LogP contribution in [0.25, 0.3) is 0 Å². The Morgan fingerprint density at radius 2 is 1.70 bits per heavy atom. The lowest BCUT2D eigenvalue weighted by atomic mass is 9.68. The number of carbonyl (C=O) groups excluding carboxylic acids is 1. The summed E-state index contributed by atoms with van der Waals surface area (Å²) in [6.07, 6.45) is 4.92. The van der Waals surface area contributed by atoms with Crippen LogP contribution in [0.3, 0.4) is 0 Å². The summed E-state index contributed by atoms with van der Waals surface area (Å²) in [5.41, 5.74) is 8.56. The van der Waals surface area contributed by atoms with Gasteiger partial charge in [0, 0.05) is 18.0 Å². The number of benzene rings is 2. The Balaban J connectivity index is 1.68. The molecule has 1 saturated carbocycles. The van der Waals surface area contributed by atoms with Crippen molar-refractivity contribution in [2.75, 3.05) is 13.7 Å². The van der Waals surface area contributed by atoms with E-state index in [2.05, 4.69) is 31.3 Å². The number of hydrogen-bond acceptors (Lipinski definition) is 4. The van der Waals surface area contributed by atoms with Crippen LogP contribution < -0.4 is 15.8 Å². The van der Waals surface area contributed by atoms with Gasteiger partial charge in [0.15, 0.2) is 0 Å². The maximum absolute atomic E-state index is 12.9. The zero-order valence-corrected chi connectivity index (χ0v) is 19.8. The van der Waals surface area contributed by atoms with Crippen molar-refractivity contribution < 1.29 is 19.4 Å². The van der Waals surface area contributed by atoms with Gasteiger partial charge in [0.25, 0.3) is 5.91 Å².